The molecule has 0 saturated heterocycles. The number of carboxylic acids is 1. The molecule has 20 heavy (non-hydrogen) atoms. The Morgan fingerprint density at radius 3 is 2.45 bits per heavy atom. The summed E-state index contributed by atoms with van der Waals surface area (Å²) < 4.78 is 0. The number of aromatic nitrogens is 2. The quantitative estimate of drug-likeness (QED) is 0.756. The number of hydrogen-bond donors (Lipinski definition) is 2. The van der Waals surface area contributed by atoms with E-state index in [2.05, 4.69) is 15.3 Å². The molecule has 1 unspecified atom stereocenters. The van der Waals surface area contributed by atoms with Crippen LogP contribution in [0.1, 0.15) is 20.3 Å². The highest BCUT2D eigenvalue weighted by atomic mass is 16.4. The lowest BCUT2D eigenvalue weighted by atomic mass is 10.0. The van der Waals surface area contributed by atoms with E-state index in [1.807, 2.05) is 13.8 Å². The minimum Gasteiger partial charge on any atom is -0.480 e. The van der Waals surface area contributed by atoms with Crippen LogP contribution in [0.2, 0.25) is 0 Å². The summed E-state index contributed by atoms with van der Waals surface area (Å²) >= 11 is 0. The molecule has 1 heterocycles. The van der Waals surface area contributed by atoms with Gasteiger partial charge in [0.05, 0.1) is 6.54 Å². The van der Waals surface area contributed by atoms with E-state index in [0.717, 1.165) is 0 Å². The van der Waals surface area contributed by atoms with Crippen molar-refractivity contribution in [1.29, 1.82) is 0 Å². The predicted molar refractivity (Wildman–Crippen MR) is 74.3 cm³/mol. The van der Waals surface area contributed by atoms with Crippen molar-refractivity contribution in [3.63, 3.8) is 0 Å². The minimum absolute atomic E-state index is 0.00584. The molecule has 0 saturated carbocycles. The smallest absolute Gasteiger partial charge is 0.326 e. The molecule has 2 N–H and O–H groups in total. The van der Waals surface area contributed by atoms with E-state index in [4.69, 9.17) is 5.11 Å². The van der Waals surface area contributed by atoms with Crippen molar-refractivity contribution in [1.82, 2.24) is 15.3 Å². The summed E-state index contributed by atoms with van der Waals surface area (Å²) in [5.41, 5.74) is 0. The Hall–Kier alpha value is -2.18. The van der Waals surface area contributed by atoms with Crippen LogP contribution in [-0.4, -0.2) is 46.6 Å². The van der Waals surface area contributed by atoms with Crippen LogP contribution in [-0.2, 0) is 9.59 Å². The molecule has 7 heteroatoms. The number of nitrogens with zero attached hydrogens (tertiary/aromatic N) is 3. The fourth-order valence-electron chi connectivity index (χ4n) is 1.71. The fourth-order valence-corrected chi connectivity index (χ4v) is 1.71. The Kier molecular flexibility index (Phi) is 5.89. The molecule has 0 aliphatic carbocycles. The van der Waals surface area contributed by atoms with Gasteiger partial charge in [0.1, 0.15) is 6.04 Å². The Morgan fingerprint density at radius 1 is 1.35 bits per heavy atom. The van der Waals surface area contributed by atoms with Crippen LogP contribution in [0.4, 0.5) is 5.95 Å². The lowest BCUT2D eigenvalue weighted by molar-refractivity contribution is -0.142. The van der Waals surface area contributed by atoms with Crippen molar-refractivity contribution in [3.8, 4) is 0 Å². The van der Waals surface area contributed by atoms with Crippen molar-refractivity contribution in [2.45, 2.75) is 26.3 Å². The first-order valence-corrected chi connectivity index (χ1v) is 6.40. The molecule has 1 aromatic rings. The van der Waals surface area contributed by atoms with Gasteiger partial charge in [0.2, 0.25) is 11.9 Å². The number of carbonyl (C=O) groups is 2. The van der Waals surface area contributed by atoms with Gasteiger partial charge in [-0.05, 0) is 18.4 Å². The third-order valence-electron chi connectivity index (χ3n) is 2.61. The number of anilines is 1. The summed E-state index contributed by atoms with van der Waals surface area (Å²) in [5.74, 6) is -0.788. The van der Waals surface area contributed by atoms with Gasteiger partial charge in [-0.3, -0.25) is 4.79 Å². The Morgan fingerprint density at radius 2 is 1.95 bits per heavy atom. The number of hydrogen-bond acceptors (Lipinski definition) is 5. The fraction of sp³-hybridized carbons (Fsp3) is 0.538. The maximum Gasteiger partial charge on any atom is 0.326 e. The van der Waals surface area contributed by atoms with Crippen molar-refractivity contribution in [2.24, 2.45) is 5.92 Å². The Bertz CT molecular complexity index is 450. The van der Waals surface area contributed by atoms with E-state index in [1.54, 1.807) is 30.4 Å². The lowest BCUT2D eigenvalue weighted by Gasteiger charge is -2.20. The molecule has 0 aliphatic rings. The van der Waals surface area contributed by atoms with Crippen LogP contribution in [0.5, 0.6) is 0 Å². The molecular weight excluding hydrogens is 260 g/mol. The Labute approximate surface area is 118 Å². The van der Waals surface area contributed by atoms with E-state index < -0.39 is 12.0 Å². The molecule has 1 rings (SSSR count). The summed E-state index contributed by atoms with van der Waals surface area (Å²) in [5, 5.41) is 11.6. The lowest BCUT2D eigenvalue weighted by Crippen LogP contribution is -2.45. The van der Waals surface area contributed by atoms with E-state index in [9.17, 15) is 9.59 Å². The topological polar surface area (TPSA) is 95.4 Å². The first-order valence-electron chi connectivity index (χ1n) is 6.40. The first kappa shape index (κ1) is 15.9. The molecular formula is C13H20N4O3. The van der Waals surface area contributed by atoms with Gasteiger partial charge in [0.25, 0.3) is 0 Å². The minimum atomic E-state index is -1.02. The molecule has 1 aromatic heterocycles. The predicted octanol–water partition coefficient (Wildman–Crippen LogP) is 0.528. The molecule has 0 aliphatic heterocycles. The molecule has 0 bridgehead atoms. The molecule has 0 radical (unpaired) electrons. The number of carbonyl (C=O) groups excluding carboxylic acids is 1. The largest absolute Gasteiger partial charge is 0.480 e. The normalized spacial score (nSPS) is 12.0. The van der Waals surface area contributed by atoms with Gasteiger partial charge < -0.3 is 15.3 Å². The van der Waals surface area contributed by atoms with Crippen LogP contribution in [0.25, 0.3) is 0 Å². The zero-order valence-electron chi connectivity index (χ0n) is 11.9. The van der Waals surface area contributed by atoms with Gasteiger partial charge in [0, 0.05) is 19.4 Å². The Balaban J connectivity index is 2.55. The number of rotatable bonds is 7. The summed E-state index contributed by atoms with van der Waals surface area (Å²) in [6.07, 6.45) is 3.55. The van der Waals surface area contributed by atoms with Gasteiger partial charge in [-0.1, -0.05) is 13.8 Å². The molecule has 1 atom stereocenters. The molecule has 0 spiro atoms. The van der Waals surface area contributed by atoms with Crippen LogP contribution in [0.3, 0.4) is 0 Å². The maximum atomic E-state index is 11.9. The summed E-state index contributed by atoms with van der Waals surface area (Å²) in [6, 6.07) is 0.813. The van der Waals surface area contributed by atoms with Gasteiger partial charge in [0.15, 0.2) is 0 Å². The third kappa shape index (κ3) is 5.21. The number of nitrogens with one attached hydrogen (secondary N) is 1. The van der Waals surface area contributed by atoms with Crippen LogP contribution >= 0.6 is 0 Å². The van der Waals surface area contributed by atoms with Crippen molar-refractivity contribution in [3.05, 3.63) is 18.5 Å². The van der Waals surface area contributed by atoms with E-state index in [0.29, 0.717) is 12.4 Å². The highest BCUT2D eigenvalue weighted by Gasteiger charge is 2.21. The monoisotopic (exact) mass is 280 g/mol. The number of likely N-dealkylation sites (N-methyl/N-ethyl adjacent to an activating group) is 1. The number of aliphatic carboxylic acids is 1. The second-order valence-electron chi connectivity index (χ2n) is 4.99. The molecule has 0 aromatic carbocycles. The van der Waals surface area contributed by atoms with Gasteiger partial charge >= 0.3 is 5.97 Å². The summed E-state index contributed by atoms with van der Waals surface area (Å²) in [6.45, 7) is 3.82. The van der Waals surface area contributed by atoms with Crippen LogP contribution in [0, 0.1) is 5.92 Å². The first-order chi connectivity index (χ1) is 9.40. The highest BCUT2D eigenvalue weighted by Crippen LogP contribution is 2.06. The number of amides is 1. The van der Waals surface area contributed by atoms with Crippen LogP contribution in [0.15, 0.2) is 18.5 Å². The summed E-state index contributed by atoms with van der Waals surface area (Å²) in [4.78, 5) is 32.5. The third-order valence-corrected chi connectivity index (χ3v) is 2.61. The SMILES string of the molecule is CC(C)CC(NC(=O)CN(C)c1ncccn1)C(=O)O. The second kappa shape index (κ2) is 7.42. The van der Waals surface area contributed by atoms with E-state index in [-0.39, 0.29) is 18.4 Å². The average molecular weight is 280 g/mol. The maximum absolute atomic E-state index is 11.9. The van der Waals surface area contributed by atoms with Crippen LogP contribution < -0.4 is 10.2 Å². The average Bonchev–Trinajstić information content (AvgIpc) is 2.38. The molecule has 7 nitrogen and oxygen atoms in total. The highest BCUT2D eigenvalue weighted by molar-refractivity contribution is 5.86. The zero-order valence-corrected chi connectivity index (χ0v) is 11.9. The van der Waals surface area contributed by atoms with E-state index in [1.165, 1.54) is 0 Å². The van der Waals surface area contributed by atoms with Gasteiger partial charge in [-0.25, -0.2) is 14.8 Å². The van der Waals surface area contributed by atoms with Crippen molar-refractivity contribution in [2.75, 3.05) is 18.5 Å². The summed E-state index contributed by atoms with van der Waals surface area (Å²) in [7, 11) is 1.67. The van der Waals surface area contributed by atoms with Crippen molar-refractivity contribution >= 4 is 17.8 Å². The van der Waals surface area contributed by atoms with Gasteiger partial charge in [-0.15, -0.1) is 0 Å². The molecule has 1 amide bonds. The van der Waals surface area contributed by atoms with Crippen molar-refractivity contribution < 1.29 is 14.7 Å². The standard InChI is InChI=1S/C13H20N4O3/c1-9(2)7-10(12(19)20)16-11(18)8-17(3)13-14-5-4-6-15-13/h4-6,9-10H,7-8H2,1-3H3,(H,16,18)(H,19,20). The van der Waals surface area contributed by atoms with Gasteiger partial charge in [-0.2, -0.15) is 0 Å². The zero-order chi connectivity index (χ0) is 15.1. The molecule has 110 valence electrons. The number of carboxylic acid groups (broad SMARTS) is 1. The van der Waals surface area contributed by atoms with E-state index >= 15 is 0 Å². The molecule has 0 fully saturated rings. The second-order valence-corrected chi connectivity index (χ2v) is 4.99.